The van der Waals surface area contributed by atoms with Crippen molar-refractivity contribution in [3.8, 4) is 12.3 Å². The molecule has 0 unspecified atom stereocenters. The molecule has 1 aliphatic rings. The lowest BCUT2D eigenvalue weighted by molar-refractivity contribution is -0.132. The second-order valence-corrected chi connectivity index (χ2v) is 8.55. The van der Waals surface area contributed by atoms with Gasteiger partial charge in [-0.05, 0) is 36.5 Å². The van der Waals surface area contributed by atoms with E-state index < -0.39 is 9.84 Å². The van der Waals surface area contributed by atoms with E-state index in [1.165, 1.54) is 0 Å². The lowest BCUT2D eigenvalue weighted by Crippen LogP contribution is -2.40. The highest BCUT2D eigenvalue weighted by molar-refractivity contribution is 7.91. The molecule has 2 rings (SSSR count). The van der Waals surface area contributed by atoms with E-state index in [1.54, 1.807) is 31.2 Å². The molecular weight excluding hydrogens is 338 g/mol. The van der Waals surface area contributed by atoms with Crippen LogP contribution in [-0.4, -0.2) is 51.3 Å². The molecule has 1 saturated heterocycles. The van der Waals surface area contributed by atoms with Gasteiger partial charge in [-0.15, -0.1) is 6.42 Å². The quantitative estimate of drug-likeness (QED) is 0.548. The summed E-state index contributed by atoms with van der Waals surface area (Å²) in [6.45, 7) is 4.06. The number of rotatable bonds is 7. The number of likely N-dealkylation sites (tertiary alicyclic amines) is 1. The largest absolute Gasteiger partial charge is 0.369 e. The van der Waals surface area contributed by atoms with E-state index in [-0.39, 0.29) is 11.7 Å². The monoisotopic (exact) mass is 363 g/mol. The van der Waals surface area contributed by atoms with E-state index in [0.29, 0.717) is 30.4 Å². The van der Waals surface area contributed by atoms with E-state index in [9.17, 15) is 13.2 Å². The smallest absolute Gasteiger partial charge is 0.226 e. The molecule has 0 bridgehead atoms. The summed E-state index contributed by atoms with van der Waals surface area (Å²) in [6, 6.07) is 6.61. The first-order valence-corrected chi connectivity index (χ1v) is 10.2. The van der Waals surface area contributed by atoms with Crippen LogP contribution in [0.4, 0.5) is 0 Å². The highest BCUT2D eigenvalue weighted by Gasteiger charge is 2.23. The number of hydrogen-bond acceptors (Lipinski definition) is 4. The maximum Gasteiger partial charge on any atom is 0.226 e. The van der Waals surface area contributed by atoms with Crippen molar-refractivity contribution < 1.29 is 17.9 Å². The molecule has 1 heterocycles. The van der Waals surface area contributed by atoms with E-state index in [2.05, 4.69) is 5.92 Å². The normalized spacial score (nSPS) is 15.8. The van der Waals surface area contributed by atoms with E-state index in [0.717, 1.165) is 31.5 Å². The van der Waals surface area contributed by atoms with Gasteiger partial charge >= 0.3 is 0 Å². The molecule has 1 aliphatic heterocycles. The number of benzene rings is 1. The van der Waals surface area contributed by atoms with Gasteiger partial charge in [0, 0.05) is 13.1 Å². The number of piperidine rings is 1. The molecule has 0 aromatic heterocycles. The first-order chi connectivity index (χ1) is 12.0. The fourth-order valence-corrected chi connectivity index (χ4v) is 3.79. The predicted octanol–water partition coefficient (Wildman–Crippen LogP) is 1.91. The first-order valence-electron chi connectivity index (χ1n) is 8.57. The third-order valence-corrected chi connectivity index (χ3v) is 6.27. The molecule has 1 fully saturated rings. The third-order valence-electron chi connectivity index (χ3n) is 4.52. The summed E-state index contributed by atoms with van der Waals surface area (Å²) in [7, 11) is -3.20. The number of hydrogen-bond donors (Lipinski definition) is 0. The van der Waals surface area contributed by atoms with Crippen LogP contribution in [0.3, 0.4) is 0 Å². The maximum absolute atomic E-state index is 12.4. The fourth-order valence-electron chi connectivity index (χ4n) is 2.90. The van der Waals surface area contributed by atoms with Gasteiger partial charge < -0.3 is 9.64 Å². The van der Waals surface area contributed by atoms with Crippen LogP contribution >= 0.6 is 0 Å². The molecule has 1 aromatic carbocycles. The molecule has 0 radical (unpaired) electrons. The van der Waals surface area contributed by atoms with Crippen LogP contribution in [0.25, 0.3) is 0 Å². The minimum absolute atomic E-state index is 0.0747. The van der Waals surface area contributed by atoms with Crippen molar-refractivity contribution in [1.29, 1.82) is 0 Å². The second-order valence-electron chi connectivity index (χ2n) is 6.27. The van der Waals surface area contributed by atoms with Gasteiger partial charge in [-0.2, -0.15) is 0 Å². The van der Waals surface area contributed by atoms with Crippen LogP contribution in [0.15, 0.2) is 29.2 Å². The van der Waals surface area contributed by atoms with Gasteiger partial charge in [-0.3, -0.25) is 4.79 Å². The average Bonchev–Trinajstić information content (AvgIpc) is 2.63. The number of nitrogens with zero attached hydrogens (tertiary/aromatic N) is 1. The van der Waals surface area contributed by atoms with Gasteiger partial charge in [-0.1, -0.05) is 25.0 Å². The number of carbonyl (C=O) groups excluding carboxylic acids is 1. The Balaban J connectivity index is 1.84. The molecule has 0 aliphatic carbocycles. The Kier molecular flexibility index (Phi) is 7.03. The Bertz CT molecular complexity index is 711. The maximum atomic E-state index is 12.4. The third kappa shape index (κ3) is 5.58. The Labute approximate surface area is 150 Å². The lowest BCUT2D eigenvalue weighted by Gasteiger charge is -2.32. The molecule has 136 valence electrons. The van der Waals surface area contributed by atoms with Gasteiger partial charge in [-0.25, -0.2) is 8.42 Å². The number of amides is 1. The molecular formula is C19H25NO4S. The number of terminal acetylenes is 1. The Hall–Kier alpha value is -1.84. The lowest BCUT2D eigenvalue weighted by atomic mass is 9.97. The zero-order valence-corrected chi connectivity index (χ0v) is 15.4. The molecule has 0 N–H and O–H groups in total. The van der Waals surface area contributed by atoms with Crippen LogP contribution in [0.5, 0.6) is 0 Å². The van der Waals surface area contributed by atoms with Crippen molar-refractivity contribution in [1.82, 2.24) is 4.90 Å². The number of ether oxygens (including phenoxy) is 1. The highest BCUT2D eigenvalue weighted by Crippen LogP contribution is 2.19. The predicted molar refractivity (Wildman–Crippen MR) is 96.8 cm³/mol. The van der Waals surface area contributed by atoms with Crippen LogP contribution < -0.4 is 0 Å². The fraction of sp³-hybridized carbons (Fsp3) is 0.526. The molecule has 0 atom stereocenters. The standard InChI is InChI=1S/C19H25NO4S/c1-3-13-24-15-17-9-11-20(12-10-17)19(21)14-16-5-7-18(8-6-16)25(22,23)4-2/h1,5-8,17H,4,9-15H2,2H3. The van der Waals surface area contributed by atoms with Gasteiger partial charge in [0.05, 0.1) is 23.7 Å². The summed E-state index contributed by atoms with van der Waals surface area (Å²) in [6.07, 6.45) is 7.30. The zero-order chi connectivity index (χ0) is 18.3. The molecule has 25 heavy (non-hydrogen) atoms. The average molecular weight is 363 g/mol. The van der Waals surface area contributed by atoms with Crippen molar-refractivity contribution in [3.63, 3.8) is 0 Å². The summed E-state index contributed by atoms with van der Waals surface area (Å²) in [4.78, 5) is 14.6. The topological polar surface area (TPSA) is 63.7 Å². The van der Waals surface area contributed by atoms with Crippen molar-refractivity contribution in [3.05, 3.63) is 29.8 Å². The molecule has 6 heteroatoms. The second kappa shape index (κ2) is 9.02. The summed E-state index contributed by atoms with van der Waals surface area (Å²) in [5.74, 6) is 3.06. The Morgan fingerprint density at radius 3 is 2.48 bits per heavy atom. The van der Waals surface area contributed by atoms with Crippen LogP contribution in [0.1, 0.15) is 25.3 Å². The van der Waals surface area contributed by atoms with Gasteiger partial charge in [0.2, 0.25) is 5.91 Å². The van der Waals surface area contributed by atoms with E-state index >= 15 is 0 Å². The summed E-state index contributed by atoms with van der Waals surface area (Å²) in [5, 5.41) is 0. The summed E-state index contributed by atoms with van der Waals surface area (Å²) < 4.78 is 29.0. The molecule has 1 aromatic rings. The number of sulfone groups is 1. The van der Waals surface area contributed by atoms with E-state index in [1.807, 2.05) is 4.90 Å². The molecule has 0 spiro atoms. The Morgan fingerprint density at radius 1 is 1.28 bits per heavy atom. The van der Waals surface area contributed by atoms with Gasteiger partial charge in [0.15, 0.2) is 9.84 Å². The van der Waals surface area contributed by atoms with Crippen LogP contribution in [-0.2, 0) is 25.8 Å². The summed E-state index contributed by atoms with van der Waals surface area (Å²) >= 11 is 0. The molecule has 5 nitrogen and oxygen atoms in total. The minimum Gasteiger partial charge on any atom is -0.369 e. The van der Waals surface area contributed by atoms with Gasteiger partial charge in [0.1, 0.15) is 6.61 Å². The zero-order valence-electron chi connectivity index (χ0n) is 14.6. The van der Waals surface area contributed by atoms with Crippen molar-refractivity contribution in [2.24, 2.45) is 5.92 Å². The minimum atomic E-state index is -3.20. The highest BCUT2D eigenvalue weighted by atomic mass is 32.2. The van der Waals surface area contributed by atoms with Crippen molar-refractivity contribution >= 4 is 15.7 Å². The van der Waals surface area contributed by atoms with Crippen LogP contribution in [0.2, 0.25) is 0 Å². The van der Waals surface area contributed by atoms with Crippen molar-refractivity contribution in [2.45, 2.75) is 31.1 Å². The van der Waals surface area contributed by atoms with Crippen molar-refractivity contribution in [2.75, 3.05) is 32.1 Å². The molecule has 0 saturated carbocycles. The Morgan fingerprint density at radius 2 is 1.92 bits per heavy atom. The van der Waals surface area contributed by atoms with Crippen LogP contribution in [0, 0.1) is 18.3 Å². The molecule has 1 amide bonds. The van der Waals surface area contributed by atoms with Gasteiger partial charge in [0.25, 0.3) is 0 Å². The first kappa shape index (κ1) is 19.5. The number of carbonyl (C=O) groups is 1. The SMILES string of the molecule is C#CCOCC1CCN(C(=O)Cc2ccc(S(=O)(=O)CC)cc2)CC1. The summed E-state index contributed by atoms with van der Waals surface area (Å²) in [5.41, 5.74) is 0.833. The van der Waals surface area contributed by atoms with E-state index in [4.69, 9.17) is 11.2 Å².